The third-order valence-corrected chi connectivity index (χ3v) is 4.51. The van der Waals surface area contributed by atoms with E-state index < -0.39 is 0 Å². The maximum atomic E-state index is 11.0. The molecular weight excluding hydrogens is 276 g/mol. The highest BCUT2D eigenvalue weighted by Crippen LogP contribution is 2.27. The Morgan fingerprint density at radius 2 is 2.20 bits per heavy atom. The Hall–Kier alpha value is -1.50. The molecule has 110 valence electrons. The molecule has 1 aromatic heterocycles. The fraction of sp³-hybridized carbons (Fsp3) is 0.615. The fourth-order valence-electron chi connectivity index (χ4n) is 2.08. The highest BCUT2D eigenvalue weighted by Gasteiger charge is 2.16. The third-order valence-electron chi connectivity index (χ3n) is 3.11. The van der Waals surface area contributed by atoms with E-state index in [2.05, 4.69) is 15.6 Å². The number of nitrogens with zero attached hydrogens (tertiary/aromatic N) is 2. The number of thioether (sulfide) groups is 1. The maximum absolute atomic E-state index is 11.0. The number of rotatable bonds is 7. The van der Waals surface area contributed by atoms with Gasteiger partial charge in [0.15, 0.2) is 0 Å². The topological polar surface area (TPSA) is 80.1 Å². The van der Waals surface area contributed by atoms with E-state index >= 15 is 0 Å². The summed E-state index contributed by atoms with van der Waals surface area (Å²) in [6.07, 6.45) is 3.40. The van der Waals surface area contributed by atoms with Gasteiger partial charge < -0.3 is 10.6 Å². The number of hydrogen-bond donors (Lipinski definition) is 2. The molecule has 1 aliphatic heterocycles. The smallest absolute Gasteiger partial charge is 0.276 e. The van der Waals surface area contributed by atoms with Crippen molar-refractivity contribution in [3.8, 4) is 0 Å². The summed E-state index contributed by atoms with van der Waals surface area (Å²) >= 11 is 1.95. The molecule has 20 heavy (non-hydrogen) atoms. The van der Waals surface area contributed by atoms with Crippen LogP contribution in [0, 0.1) is 10.1 Å². The molecule has 0 aliphatic carbocycles. The molecule has 2 heterocycles. The SMILES string of the molecule is CCCNc1cc([N+](=O)[O-])cc(NCC2CCCS2)n1. The van der Waals surface area contributed by atoms with Crippen LogP contribution in [0.3, 0.4) is 0 Å². The second-order valence-corrected chi connectivity index (χ2v) is 6.20. The molecule has 0 bridgehead atoms. The first-order chi connectivity index (χ1) is 9.69. The minimum absolute atomic E-state index is 0.0696. The molecule has 2 rings (SSSR count). The van der Waals surface area contributed by atoms with E-state index in [0.717, 1.165) is 19.5 Å². The molecule has 1 atom stereocenters. The van der Waals surface area contributed by atoms with E-state index in [1.165, 1.54) is 30.7 Å². The van der Waals surface area contributed by atoms with Gasteiger partial charge in [0.1, 0.15) is 11.6 Å². The average molecular weight is 296 g/mol. The van der Waals surface area contributed by atoms with Gasteiger partial charge in [0.05, 0.1) is 17.1 Å². The Kier molecular flexibility index (Phi) is 5.46. The Balaban J connectivity index is 2.04. The second kappa shape index (κ2) is 7.33. The van der Waals surface area contributed by atoms with Gasteiger partial charge in [0, 0.05) is 18.3 Å². The molecule has 1 aromatic rings. The van der Waals surface area contributed by atoms with Gasteiger partial charge in [-0.25, -0.2) is 4.98 Å². The Labute approximate surface area is 122 Å². The Morgan fingerprint density at radius 3 is 2.80 bits per heavy atom. The number of nitrogens with one attached hydrogen (secondary N) is 2. The van der Waals surface area contributed by atoms with Crippen LogP contribution in [0.2, 0.25) is 0 Å². The molecule has 0 aromatic carbocycles. The first-order valence-corrected chi connectivity index (χ1v) is 7.99. The Bertz CT molecular complexity index is 464. The van der Waals surface area contributed by atoms with Crippen molar-refractivity contribution in [2.75, 3.05) is 29.5 Å². The lowest BCUT2D eigenvalue weighted by molar-refractivity contribution is -0.384. The van der Waals surface area contributed by atoms with Gasteiger partial charge in [-0.2, -0.15) is 11.8 Å². The molecule has 1 unspecified atom stereocenters. The molecule has 6 nitrogen and oxygen atoms in total. The zero-order valence-electron chi connectivity index (χ0n) is 11.6. The van der Waals surface area contributed by atoms with E-state index in [4.69, 9.17) is 0 Å². The van der Waals surface area contributed by atoms with Gasteiger partial charge >= 0.3 is 0 Å². The van der Waals surface area contributed by atoms with Crippen molar-refractivity contribution in [2.45, 2.75) is 31.4 Å². The van der Waals surface area contributed by atoms with E-state index in [-0.39, 0.29) is 10.6 Å². The predicted molar refractivity (Wildman–Crippen MR) is 83.6 cm³/mol. The lowest BCUT2D eigenvalue weighted by Crippen LogP contribution is -2.15. The quantitative estimate of drug-likeness (QED) is 0.594. The zero-order chi connectivity index (χ0) is 14.4. The molecule has 0 amide bonds. The van der Waals surface area contributed by atoms with Gasteiger partial charge in [-0.05, 0) is 25.0 Å². The summed E-state index contributed by atoms with van der Waals surface area (Å²) in [6.45, 7) is 3.61. The van der Waals surface area contributed by atoms with Crippen molar-refractivity contribution >= 4 is 29.1 Å². The van der Waals surface area contributed by atoms with Crippen LogP contribution >= 0.6 is 11.8 Å². The van der Waals surface area contributed by atoms with Crippen molar-refractivity contribution in [1.82, 2.24) is 4.98 Å². The minimum Gasteiger partial charge on any atom is -0.370 e. The van der Waals surface area contributed by atoms with Crippen molar-refractivity contribution < 1.29 is 4.92 Å². The highest BCUT2D eigenvalue weighted by atomic mass is 32.2. The van der Waals surface area contributed by atoms with Crippen LogP contribution in [-0.4, -0.2) is 34.0 Å². The summed E-state index contributed by atoms with van der Waals surface area (Å²) in [5.41, 5.74) is 0.0696. The predicted octanol–water partition coefficient (Wildman–Crippen LogP) is 3.12. The summed E-state index contributed by atoms with van der Waals surface area (Å²) < 4.78 is 0. The normalized spacial score (nSPS) is 17.9. The van der Waals surface area contributed by atoms with E-state index in [1.54, 1.807) is 0 Å². The molecule has 1 saturated heterocycles. The lowest BCUT2D eigenvalue weighted by Gasteiger charge is -2.12. The number of pyridine rings is 1. The molecule has 2 N–H and O–H groups in total. The molecule has 0 saturated carbocycles. The van der Waals surface area contributed by atoms with Gasteiger partial charge in [-0.15, -0.1) is 0 Å². The Morgan fingerprint density at radius 1 is 1.45 bits per heavy atom. The van der Waals surface area contributed by atoms with E-state index in [1.807, 2.05) is 18.7 Å². The largest absolute Gasteiger partial charge is 0.370 e. The van der Waals surface area contributed by atoms with Gasteiger partial charge in [-0.3, -0.25) is 10.1 Å². The standard InChI is InChI=1S/C13H20N4O2S/c1-2-5-14-12-7-10(17(18)19)8-13(16-12)15-9-11-4-3-6-20-11/h7-8,11H,2-6,9H2,1H3,(H2,14,15,16). The van der Waals surface area contributed by atoms with E-state index in [9.17, 15) is 10.1 Å². The van der Waals surface area contributed by atoms with Crippen LogP contribution in [0.25, 0.3) is 0 Å². The van der Waals surface area contributed by atoms with Crippen molar-refractivity contribution in [3.63, 3.8) is 0 Å². The van der Waals surface area contributed by atoms with E-state index in [0.29, 0.717) is 16.9 Å². The van der Waals surface area contributed by atoms with Gasteiger partial charge in [0.25, 0.3) is 5.69 Å². The maximum Gasteiger partial charge on any atom is 0.276 e. The first-order valence-electron chi connectivity index (χ1n) is 6.95. The fourth-order valence-corrected chi connectivity index (χ4v) is 3.28. The average Bonchev–Trinajstić information content (AvgIpc) is 2.96. The monoisotopic (exact) mass is 296 g/mol. The van der Waals surface area contributed by atoms with Crippen LogP contribution in [0.1, 0.15) is 26.2 Å². The van der Waals surface area contributed by atoms with Crippen molar-refractivity contribution in [1.29, 1.82) is 0 Å². The number of nitro groups is 1. The summed E-state index contributed by atoms with van der Waals surface area (Å²) in [7, 11) is 0. The van der Waals surface area contributed by atoms with Crippen LogP contribution in [-0.2, 0) is 0 Å². The zero-order valence-corrected chi connectivity index (χ0v) is 12.4. The second-order valence-electron chi connectivity index (χ2n) is 4.80. The third kappa shape index (κ3) is 4.26. The molecular formula is C13H20N4O2S. The molecule has 0 radical (unpaired) electrons. The van der Waals surface area contributed by atoms with Crippen molar-refractivity contribution in [2.24, 2.45) is 0 Å². The van der Waals surface area contributed by atoms with Crippen LogP contribution < -0.4 is 10.6 Å². The lowest BCUT2D eigenvalue weighted by atomic mass is 10.2. The molecule has 0 spiro atoms. The highest BCUT2D eigenvalue weighted by molar-refractivity contribution is 8.00. The molecule has 1 aliphatic rings. The summed E-state index contributed by atoms with van der Waals surface area (Å²) in [5.74, 6) is 2.34. The molecule has 1 fully saturated rings. The summed E-state index contributed by atoms with van der Waals surface area (Å²) in [6, 6.07) is 2.97. The summed E-state index contributed by atoms with van der Waals surface area (Å²) in [5, 5.41) is 17.9. The van der Waals surface area contributed by atoms with Crippen LogP contribution in [0.15, 0.2) is 12.1 Å². The van der Waals surface area contributed by atoms with Crippen LogP contribution in [0.5, 0.6) is 0 Å². The summed E-state index contributed by atoms with van der Waals surface area (Å²) in [4.78, 5) is 15.0. The number of aromatic nitrogens is 1. The van der Waals surface area contributed by atoms with Gasteiger partial charge in [0.2, 0.25) is 0 Å². The minimum atomic E-state index is -0.381. The van der Waals surface area contributed by atoms with Crippen molar-refractivity contribution in [3.05, 3.63) is 22.2 Å². The number of hydrogen-bond acceptors (Lipinski definition) is 6. The number of anilines is 2. The van der Waals surface area contributed by atoms with Crippen LogP contribution in [0.4, 0.5) is 17.3 Å². The van der Waals surface area contributed by atoms with Gasteiger partial charge in [-0.1, -0.05) is 6.92 Å². The first kappa shape index (κ1) is 14.9. The molecule has 7 heteroatoms.